The maximum absolute atomic E-state index is 14.3. The number of nitrogens with one attached hydrogen (secondary N) is 2. The molecule has 1 aromatic heterocycles. The maximum Gasteiger partial charge on any atom is 0.307 e. The zero-order valence-corrected chi connectivity index (χ0v) is 22.0. The second-order valence-electron chi connectivity index (χ2n) is 11.1. The molecule has 1 saturated carbocycles. The third-order valence-electron chi connectivity index (χ3n) is 8.74. The van der Waals surface area contributed by atoms with Gasteiger partial charge in [-0.25, -0.2) is 4.98 Å². The van der Waals surface area contributed by atoms with Crippen LogP contribution in [-0.4, -0.2) is 46.7 Å². The Bertz CT molecular complexity index is 1170. The lowest BCUT2D eigenvalue weighted by atomic mass is 9.69. The zero-order chi connectivity index (χ0) is 25.8. The number of fused-ring (bicyclic) bond motifs is 3. The third kappa shape index (κ3) is 5.31. The third-order valence-corrected chi connectivity index (χ3v) is 8.74. The molecule has 2 aromatic rings. The Kier molecular flexibility index (Phi) is 7.93. The molecule has 2 aliphatic heterocycles. The largest absolute Gasteiger partial charge is 0.466 e. The molecule has 2 saturated heterocycles. The van der Waals surface area contributed by atoms with Crippen molar-refractivity contribution < 1.29 is 14.3 Å². The Morgan fingerprint density at radius 1 is 1.05 bits per heavy atom. The van der Waals surface area contributed by atoms with Crippen LogP contribution >= 0.6 is 0 Å². The van der Waals surface area contributed by atoms with Crippen molar-refractivity contribution in [2.45, 2.75) is 102 Å². The van der Waals surface area contributed by atoms with Gasteiger partial charge < -0.3 is 15.4 Å². The predicted octanol–water partition coefficient (Wildman–Crippen LogP) is 4.05. The Morgan fingerprint density at radius 3 is 2.43 bits per heavy atom. The van der Waals surface area contributed by atoms with E-state index in [0.717, 1.165) is 44.0 Å². The van der Waals surface area contributed by atoms with E-state index in [2.05, 4.69) is 15.6 Å². The number of rotatable bonds is 7. The van der Waals surface area contributed by atoms with Crippen LogP contribution in [0, 0.1) is 5.92 Å². The second kappa shape index (κ2) is 11.3. The summed E-state index contributed by atoms with van der Waals surface area (Å²) < 4.78 is 6.95. The van der Waals surface area contributed by atoms with Gasteiger partial charge in [-0.1, -0.05) is 44.2 Å². The van der Waals surface area contributed by atoms with Crippen molar-refractivity contribution in [3.05, 3.63) is 40.3 Å². The average Bonchev–Trinajstić information content (AvgIpc) is 3.21. The van der Waals surface area contributed by atoms with Crippen LogP contribution in [0.5, 0.6) is 0 Å². The predicted molar refractivity (Wildman–Crippen MR) is 143 cm³/mol. The second-order valence-corrected chi connectivity index (χ2v) is 11.1. The Balaban J connectivity index is 1.58. The van der Waals surface area contributed by atoms with E-state index in [1.807, 2.05) is 28.8 Å². The standard InChI is InChI=1S/C29H40N4O4/c1-2-37-25(34)16-17-30-27(35)26-28(36)33(24-13-9-8-12-23(24)32-26)29(18-21-14-15-22(19-29)31-21)20-10-6-4-3-5-7-11-20/h8-9,12-13,20-22,31H,2-7,10-11,14-19H2,1H3,(H,30,35)/t21-,22+,29+. The number of aromatic nitrogens is 2. The number of ether oxygens (including phenoxy) is 1. The minimum atomic E-state index is -0.529. The fourth-order valence-electron chi connectivity index (χ4n) is 7.17. The molecule has 1 amide bonds. The van der Waals surface area contributed by atoms with Gasteiger partial charge in [-0.15, -0.1) is 0 Å². The molecule has 3 fully saturated rings. The van der Waals surface area contributed by atoms with Gasteiger partial charge in [0.2, 0.25) is 0 Å². The van der Waals surface area contributed by atoms with Gasteiger partial charge in [0.25, 0.3) is 11.5 Å². The summed E-state index contributed by atoms with van der Waals surface area (Å²) in [6.07, 6.45) is 12.5. The van der Waals surface area contributed by atoms with Crippen molar-refractivity contribution in [2.24, 2.45) is 5.92 Å². The molecule has 3 heterocycles. The smallest absolute Gasteiger partial charge is 0.307 e. The normalized spacial score (nSPS) is 26.4. The molecule has 8 heteroatoms. The molecular formula is C29H40N4O4. The highest BCUT2D eigenvalue weighted by molar-refractivity contribution is 5.94. The number of hydrogen-bond acceptors (Lipinski definition) is 6. The topological polar surface area (TPSA) is 102 Å². The summed E-state index contributed by atoms with van der Waals surface area (Å²) >= 11 is 0. The molecule has 37 heavy (non-hydrogen) atoms. The van der Waals surface area contributed by atoms with Gasteiger partial charge in [0, 0.05) is 18.6 Å². The van der Waals surface area contributed by atoms with Crippen LogP contribution in [-0.2, 0) is 15.1 Å². The van der Waals surface area contributed by atoms with E-state index in [4.69, 9.17) is 4.74 Å². The van der Waals surface area contributed by atoms with E-state index in [-0.39, 0.29) is 35.7 Å². The number of benzene rings is 1. The first-order valence-electron chi connectivity index (χ1n) is 14.2. The summed E-state index contributed by atoms with van der Waals surface area (Å²) in [7, 11) is 0. The average molecular weight is 509 g/mol. The highest BCUT2D eigenvalue weighted by Gasteiger charge is 2.50. The lowest BCUT2D eigenvalue weighted by Gasteiger charge is -2.49. The number of para-hydroxylation sites is 2. The number of hydrogen-bond donors (Lipinski definition) is 2. The Labute approximate surface area is 218 Å². The molecular weight excluding hydrogens is 468 g/mol. The molecule has 5 rings (SSSR count). The van der Waals surface area contributed by atoms with Crippen molar-refractivity contribution >= 4 is 22.9 Å². The van der Waals surface area contributed by atoms with E-state index in [1.54, 1.807) is 6.92 Å². The van der Waals surface area contributed by atoms with E-state index in [9.17, 15) is 14.4 Å². The molecule has 8 nitrogen and oxygen atoms in total. The van der Waals surface area contributed by atoms with E-state index >= 15 is 0 Å². The highest BCUT2D eigenvalue weighted by Crippen LogP contribution is 2.48. The van der Waals surface area contributed by atoms with E-state index in [0.29, 0.717) is 30.1 Å². The molecule has 3 atom stereocenters. The number of nitrogens with zero attached hydrogens (tertiary/aromatic N) is 2. The van der Waals surface area contributed by atoms with Crippen molar-refractivity contribution in [3.63, 3.8) is 0 Å². The molecule has 1 aromatic carbocycles. The van der Waals surface area contributed by atoms with Gasteiger partial charge in [-0.05, 0) is 63.5 Å². The quantitative estimate of drug-likeness (QED) is 0.547. The molecule has 2 N–H and O–H groups in total. The summed E-state index contributed by atoms with van der Waals surface area (Å²) in [6.45, 7) is 2.15. The lowest BCUT2D eigenvalue weighted by molar-refractivity contribution is -0.142. The van der Waals surface area contributed by atoms with E-state index < -0.39 is 5.91 Å². The first kappa shape index (κ1) is 25.9. The van der Waals surface area contributed by atoms with Crippen molar-refractivity contribution in [2.75, 3.05) is 13.2 Å². The van der Waals surface area contributed by atoms with Gasteiger partial charge in [0.1, 0.15) is 0 Å². The molecule has 3 aliphatic rings. The van der Waals surface area contributed by atoms with Crippen LogP contribution in [0.15, 0.2) is 29.1 Å². The van der Waals surface area contributed by atoms with Crippen LogP contribution in [0.1, 0.15) is 94.5 Å². The van der Waals surface area contributed by atoms with Crippen molar-refractivity contribution in [3.8, 4) is 0 Å². The summed E-state index contributed by atoms with van der Waals surface area (Å²) in [5, 5.41) is 6.52. The minimum Gasteiger partial charge on any atom is -0.466 e. The van der Waals surface area contributed by atoms with E-state index in [1.165, 1.54) is 32.1 Å². The first-order valence-corrected chi connectivity index (χ1v) is 14.2. The monoisotopic (exact) mass is 508 g/mol. The van der Waals surface area contributed by atoms with Gasteiger partial charge in [0.15, 0.2) is 5.69 Å². The zero-order valence-electron chi connectivity index (χ0n) is 22.0. The molecule has 2 bridgehead atoms. The highest BCUT2D eigenvalue weighted by atomic mass is 16.5. The van der Waals surface area contributed by atoms with Gasteiger partial charge >= 0.3 is 5.97 Å². The summed E-state index contributed by atoms with van der Waals surface area (Å²) in [5.41, 5.74) is 0.746. The van der Waals surface area contributed by atoms with Crippen LogP contribution < -0.4 is 16.2 Å². The van der Waals surface area contributed by atoms with Crippen molar-refractivity contribution in [1.29, 1.82) is 0 Å². The number of carbonyl (C=O) groups excluding carboxylic acids is 2. The summed E-state index contributed by atoms with van der Waals surface area (Å²) in [6, 6.07) is 8.53. The number of amides is 1. The number of carbonyl (C=O) groups is 2. The van der Waals surface area contributed by atoms with Crippen LogP contribution in [0.25, 0.3) is 11.0 Å². The van der Waals surface area contributed by atoms with Gasteiger partial charge in [-0.3, -0.25) is 19.0 Å². The van der Waals surface area contributed by atoms with Crippen LogP contribution in [0.3, 0.4) is 0 Å². The minimum absolute atomic E-state index is 0.0579. The Morgan fingerprint density at radius 2 is 1.73 bits per heavy atom. The van der Waals surface area contributed by atoms with Gasteiger partial charge in [-0.2, -0.15) is 0 Å². The maximum atomic E-state index is 14.3. The number of piperidine rings is 1. The Hall–Kier alpha value is -2.74. The molecule has 0 unspecified atom stereocenters. The summed E-state index contributed by atoms with van der Waals surface area (Å²) in [4.78, 5) is 43.8. The lowest BCUT2D eigenvalue weighted by Crippen LogP contribution is -2.57. The number of esters is 1. The van der Waals surface area contributed by atoms with Crippen LogP contribution in [0.2, 0.25) is 0 Å². The molecule has 200 valence electrons. The van der Waals surface area contributed by atoms with Crippen LogP contribution in [0.4, 0.5) is 0 Å². The molecule has 0 radical (unpaired) electrons. The first-order chi connectivity index (χ1) is 18.0. The van der Waals surface area contributed by atoms with Gasteiger partial charge in [0.05, 0.1) is 29.6 Å². The molecule has 0 spiro atoms. The fraction of sp³-hybridized carbons (Fsp3) is 0.655. The SMILES string of the molecule is CCOC(=O)CCNC(=O)c1nc2ccccc2n([C@@]2(C3CCCCCCC3)C[C@H]3CC[C@@H](C2)N3)c1=O. The van der Waals surface area contributed by atoms with Crippen molar-refractivity contribution in [1.82, 2.24) is 20.2 Å². The molecule has 1 aliphatic carbocycles. The summed E-state index contributed by atoms with van der Waals surface area (Å²) in [5.74, 6) is -0.514. The fourth-order valence-corrected chi connectivity index (χ4v) is 7.17.